The lowest BCUT2D eigenvalue weighted by Gasteiger charge is -2.27. The molecule has 39 heavy (non-hydrogen) atoms. The third kappa shape index (κ3) is 5.67. The van der Waals surface area contributed by atoms with Gasteiger partial charge in [0.05, 0.1) is 33.1 Å². The number of nitrogens with one attached hydrogen (secondary N) is 2. The number of carbonyl (C=O) groups excluding carboxylic acids is 2. The van der Waals surface area contributed by atoms with Crippen molar-refractivity contribution in [3.8, 4) is 28.4 Å². The largest absolute Gasteiger partial charge is 0.493 e. The Labute approximate surface area is 229 Å². The van der Waals surface area contributed by atoms with Crippen LogP contribution in [-0.4, -0.2) is 57.2 Å². The van der Waals surface area contributed by atoms with Crippen molar-refractivity contribution in [2.24, 2.45) is 5.92 Å². The van der Waals surface area contributed by atoms with Gasteiger partial charge in [-0.2, -0.15) is 0 Å². The molecule has 1 saturated heterocycles. The summed E-state index contributed by atoms with van der Waals surface area (Å²) in [6.07, 6.45) is 3.19. The fraction of sp³-hybridized carbons (Fsp3) is 0.500. The van der Waals surface area contributed by atoms with E-state index in [1.807, 2.05) is 30.9 Å². The fourth-order valence-electron chi connectivity index (χ4n) is 5.64. The zero-order valence-electron chi connectivity index (χ0n) is 23.7. The maximum absolute atomic E-state index is 13.7. The fourth-order valence-corrected chi connectivity index (χ4v) is 5.64. The van der Waals surface area contributed by atoms with Gasteiger partial charge in [0.2, 0.25) is 23.0 Å². The highest BCUT2D eigenvalue weighted by molar-refractivity contribution is 5.86. The molecule has 9 heteroatoms. The molecule has 0 radical (unpaired) electrons. The van der Waals surface area contributed by atoms with E-state index in [1.165, 1.54) is 6.92 Å². The molecule has 0 saturated carbocycles. The predicted molar refractivity (Wildman–Crippen MR) is 151 cm³/mol. The van der Waals surface area contributed by atoms with Crippen molar-refractivity contribution in [1.29, 1.82) is 0 Å². The summed E-state index contributed by atoms with van der Waals surface area (Å²) >= 11 is 0. The van der Waals surface area contributed by atoms with E-state index in [9.17, 15) is 14.4 Å². The minimum Gasteiger partial charge on any atom is -0.493 e. The molecule has 210 valence electrons. The van der Waals surface area contributed by atoms with Crippen molar-refractivity contribution in [3.05, 3.63) is 45.6 Å². The molecule has 0 spiro atoms. The van der Waals surface area contributed by atoms with Crippen LogP contribution in [0.5, 0.6) is 17.2 Å². The normalized spacial score (nSPS) is 17.0. The molecule has 2 amide bonds. The van der Waals surface area contributed by atoms with Gasteiger partial charge in [0.1, 0.15) is 6.04 Å². The molecule has 2 N–H and O–H groups in total. The van der Waals surface area contributed by atoms with Gasteiger partial charge < -0.3 is 29.7 Å². The molecule has 1 heterocycles. The first-order chi connectivity index (χ1) is 18.7. The van der Waals surface area contributed by atoms with Crippen molar-refractivity contribution >= 4 is 17.5 Å². The van der Waals surface area contributed by atoms with E-state index in [0.29, 0.717) is 41.3 Å². The Hall–Kier alpha value is -3.75. The Balaban J connectivity index is 1.90. The van der Waals surface area contributed by atoms with Gasteiger partial charge in [0, 0.05) is 25.6 Å². The Kier molecular flexibility index (Phi) is 8.67. The highest BCUT2D eigenvalue weighted by atomic mass is 16.5. The average Bonchev–Trinajstić information content (AvgIpc) is 3.35. The molecule has 2 aromatic rings. The van der Waals surface area contributed by atoms with E-state index < -0.39 is 12.1 Å². The number of rotatable bonds is 8. The smallest absolute Gasteiger partial charge is 0.245 e. The number of ether oxygens (including phenoxy) is 3. The van der Waals surface area contributed by atoms with Crippen LogP contribution in [0.4, 0.5) is 5.69 Å². The third-order valence-corrected chi connectivity index (χ3v) is 7.58. The Morgan fingerprint density at radius 2 is 1.69 bits per heavy atom. The molecular weight excluding hydrogens is 498 g/mol. The van der Waals surface area contributed by atoms with E-state index in [4.69, 9.17) is 14.2 Å². The highest BCUT2D eigenvalue weighted by Crippen LogP contribution is 2.50. The maximum atomic E-state index is 13.7. The van der Waals surface area contributed by atoms with E-state index in [0.717, 1.165) is 42.6 Å². The zero-order valence-corrected chi connectivity index (χ0v) is 23.7. The van der Waals surface area contributed by atoms with Crippen molar-refractivity contribution in [1.82, 2.24) is 10.2 Å². The maximum Gasteiger partial charge on any atom is 0.245 e. The minimum atomic E-state index is -0.532. The summed E-state index contributed by atoms with van der Waals surface area (Å²) in [5, 5.41) is 6.28. The van der Waals surface area contributed by atoms with Gasteiger partial charge in [0.15, 0.2) is 11.5 Å². The van der Waals surface area contributed by atoms with Crippen LogP contribution in [0.2, 0.25) is 0 Å². The Morgan fingerprint density at radius 1 is 1.00 bits per heavy atom. The van der Waals surface area contributed by atoms with Crippen molar-refractivity contribution in [3.63, 3.8) is 0 Å². The number of amides is 2. The van der Waals surface area contributed by atoms with Crippen LogP contribution in [-0.2, 0) is 16.0 Å². The number of hydrogen-bond acceptors (Lipinski definition) is 7. The summed E-state index contributed by atoms with van der Waals surface area (Å²) in [4.78, 5) is 41.0. The topological polar surface area (TPSA) is 106 Å². The molecule has 2 atom stereocenters. The van der Waals surface area contributed by atoms with Crippen LogP contribution in [0.3, 0.4) is 0 Å². The average molecular weight is 538 g/mol. The molecule has 4 rings (SSSR count). The Morgan fingerprint density at radius 3 is 2.28 bits per heavy atom. The number of methoxy groups -OCH3 is 3. The number of benzene rings is 1. The lowest BCUT2D eigenvalue weighted by Crippen LogP contribution is -2.45. The molecule has 0 bridgehead atoms. The Bertz CT molecular complexity index is 1300. The first kappa shape index (κ1) is 28.3. The van der Waals surface area contributed by atoms with Crippen LogP contribution in [0.15, 0.2) is 29.1 Å². The molecule has 9 nitrogen and oxygen atoms in total. The van der Waals surface area contributed by atoms with Gasteiger partial charge >= 0.3 is 0 Å². The number of likely N-dealkylation sites (tertiary alicyclic amines) is 1. The van der Waals surface area contributed by atoms with E-state index in [-0.39, 0.29) is 23.2 Å². The van der Waals surface area contributed by atoms with Crippen molar-refractivity contribution in [2.75, 3.05) is 39.7 Å². The molecule has 2 aromatic carbocycles. The summed E-state index contributed by atoms with van der Waals surface area (Å²) in [6.45, 7) is 6.90. The summed E-state index contributed by atoms with van der Waals surface area (Å²) in [5.41, 5.74) is 3.24. The van der Waals surface area contributed by atoms with Gasteiger partial charge in [-0.05, 0) is 66.5 Å². The number of hydrogen-bond donors (Lipinski definition) is 2. The van der Waals surface area contributed by atoms with E-state index >= 15 is 0 Å². The van der Waals surface area contributed by atoms with Gasteiger partial charge in [-0.1, -0.05) is 19.9 Å². The first-order valence-corrected chi connectivity index (χ1v) is 13.5. The SMILES string of the molecule is COc1cc2c(c(OC)c1OC)-c1ccc(N[C@H](C(=O)N3CCCC3)C(C)C)c(=O)cc1[C@@H](NC(C)=O)CC2. The van der Waals surface area contributed by atoms with Gasteiger partial charge in [-0.25, -0.2) is 0 Å². The summed E-state index contributed by atoms with van der Waals surface area (Å²) in [6, 6.07) is 6.15. The van der Waals surface area contributed by atoms with Crippen LogP contribution in [0.1, 0.15) is 57.2 Å². The van der Waals surface area contributed by atoms with Gasteiger partial charge in [-0.15, -0.1) is 0 Å². The quantitative estimate of drug-likeness (QED) is 0.526. The highest BCUT2D eigenvalue weighted by Gasteiger charge is 2.31. The molecule has 2 aliphatic rings. The molecule has 1 aliphatic heterocycles. The van der Waals surface area contributed by atoms with Crippen LogP contribution in [0, 0.1) is 5.92 Å². The predicted octanol–water partition coefficient (Wildman–Crippen LogP) is 3.92. The molecule has 0 aromatic heterocycles. The second-order valence-electron chi connectivity index (χ2n) is 10.5. The van der Waals surface area contributed by atoms with Gasteiger partial charge in [-0.3, -0.25) is 14.4 Å². The molecule has 0 unspecified atom stereocenters. The first-order valence-electron chi connectivity index (χ1n) is 13.5. The summed E-state index contributed by atoms with van der Waals surface area (Å²) in [7, 11) is 4.70. The second kappa shape index (κ2) is 12.0. The zero-order chi connectivity index (χ0) is 28.3. The van der Waals surface area contributed by atoms with Crippen LogP contribution >= 0.6 is 0 Å². The number of carbonyl (C=O) groups is 2. The lowest BCUT2D eigenvalue weighted by atomic mass is 9.95. The molecule has 1 aliphatic carbocycles. The van der Waals surface area contributed by atoms with Crippen molar-refractivity contribution < 1.29 is 23.8 Å². The molecule has 1 fully saturated rings. The van der Waals surface area contributed by atoms with E-state index in [1.54, 1.807) is 33.5 Å². The summed E-state index contributed by atoms with van der Waals surface area (Å²) in [5.74, 6) is 1.29. The monoisotopic (exact) mass is 537 g/mol. The van der Waals surface area contributed by atoms with Crippen LogP contribution < -0.4 is 30.3 Å². The number of fused-ring (bicyclic) bond motifs is 3. The molecular formula is C30H39N3O6. The van der Waals surface area contributed by atoms with Gasteiger partial charge in [0.25, 0.3) is 0 Å². The second-order valence-corrected chi connectivity index (χ2v) is 10.5. The summed E-state index contributed by atoms with van der Waals surface area (Å²) < 4.78 is 17.1. The van der Waals surface area contributed by atoms with Crippen molar-refractivity contribution in [2.45, 2.75) is 58.5 Å². The minimum absolute atomic E-state index is 0.00920. The lowest BCUT2D eigenvalue weighted by molar-refractivity contribution is -0.131. The number of nitrogens with zero attached hydrogens (tertiary/aromatic N) is 1. The van der Waals surface area contributed by atoms with E-state index in [2.05, 4.69) is 10.6 Å². The number of anilines is 1. The standard InChI is InChI=1S/C30H39N3O6/c1-17(2)27(30(36)33-13-7-8-14-33)32-23-12-10-20-21(16-24(23)35)22(31-18(3)34)11-9-19-15-25(37-4)28(38-5)29(39-6)26(19)20/h10,12,15-17,22,27H,7-9,11,13-14H2,1-6H3,(H,31,34)(H,32,35)/t22-,27-/m0/s1. The van der Waals surface area contributed by atoms with Crippen LogP contribution in [0.25, 0.3) is 11.1 Å². The third-order valence-electron chi connectivity index (χ3n) is 7.58. The number of aryl methyl sites for hydroxylation is 1.